The van der Waals surface area contributed by atoms with Crippen LogP contribution in [0.25, 0.3) is 0 Å². The molecule has 2 aromatic carbocycles. The summed E-state index contributed by atoms with van der Waals surface area (Å²) in [6.45, 7) is 0.296. The van der Waals surface area contributed by atoms with E-state index in [9.17, 15) is 14.9 Å². The lowest BCUT2D eigenvalue weighted by atomic mass is 10.2. The highest BCUT2D eigenvalue weighted by Crippen LogP contribution is 2.16. The Bertz CT molecular complexity index is 932. The van der Waals surface area contributed by atoms with Gasteiger partial charge in [-0.05, 0) is 59.7 Å². The summed E-state index contributed by atoms with van der Waals surface area (Å²) in [6.07, 6.45) is 2.91. The highest BCUT2D eigenvalue weighted by atomic mass is 16.6. The van der Waals surface area contributed by atoms with Crippen LogP contribution in [0, 0.1) is 10.1 Å². The minimum atomic E-state index is -0.442. The number of nitrogens with one attached hydrogen (secondary N) is 1. The van der Waals surface area contributed by atoms with Gasteiger partial charge in [-0.25, -0.2) is 5.43 Å². The van der Waals surface area contributed by atoms with Gasteiger partial charge in [0.2, 0.25) is 0 Å². The molecule has 0 atom stereocenters. The van der Waals surface area contributed by atoms with Gasteiger partial charge in [0.05, 0.1) is 17.4 Å². The fourth-order valence-corrected chi connectivity index (χ4v) is 2.16. The van der Waals surface area contributed by atoms with E-state index in [1.165, 1.54) is 24.6 Å². The van der Waals surface area contributed by atoms with Crippen LogP contribution in [0.3, 0.4) is 0 Å². The van der Waals surface area contributed by atoms with Gasteiger partial charge < -0.3 is 9.15 Å². The number of nitrogens with zero attached hydrogens (tertiary/aromatic N) is 2. The van der Waals surface area contributed by atoms with Crippen molar-refractivity contribution in [2.75, 3.05) is 0 Å². The van der Waals surface area contributed by atoms with E-state index in [0.717, 1.165) is 11.1 Å². The van der Waals surface area contributed by atoms with Gasteiger partial charge in [-0.1, -0.05) is 0 Å². The van der Waals surface area contributed by atoms with Crippen molar-refractivity contribution in [1.29, 1.82) is 0 Å². The molecule has 0 radical (unpaired) electrons. The Hall–Kier alpha value is -3.94. The third-order valence-corrected chi connectivity index (χ3v) is 3.56. The van der Waals surface area contributed by atoms with Crippen LogP contribution in [0.1, 0.15) is 21.7 Å². The number of hydrazone groups is 1. The molecule has 0 aliphatic carbocycles. The second kappa shape index (κ2) is 8.43. The minimum absolute atomic E-state index is 0.0431. The van der Waals surface area contributed by atoms with E-state index in [0.29, 0.717) is 12.4 Å². The number of furan rings is 1. The van der Waals surface area contributed by atoms with Crippen LogP contribution in [0.15, 0.2) is 76.4 Å². The van der Waals surface area contributed by atoms with Gasteiger partial charge in [0.1, 0.15) is 12.4 Å². The molecule has 1 aromatic heterocycles. The smallest absolute Gasteiger partial charge is 0.307 e. The van der Waals surface area contributed by atoms with E-state index >= 15 is 0 Å². The van der Waals surface area contributed by atoms with Crippen molar-refractivity contribution in [2.45, 2.75) is 6.61 Å². The molecule has 0 saturated heterocycles. The Balaban J connectivity index is 1.50. The molecule has 1 heterocycles. The van der Waals surface area contributed by atoms with Gasteiger partial charge in [0.15, 0.2) is 5.76 Å². The number of carbonyl (C=O) groups excluding carboxylic acids is 1. The number of carbonyl (C=O) groups is 1. The number of hydrogen-bond acceptors (Lipinski definition) is 6. The molecule has 27 heavy (non-hydrogen) atoms. The highest BCUT2D eigenvalue weighted by Gasteiger charge is 2.06. The SMILES string of the molecule is O=C(N/N=C/c1ccc(OCc2ccc([N+](=O)[O-])cc2)cc1)c1ccco1. The maximum Gasteiger partial charge on any atom is 0.307 e. The van der Waals surface area contributed by atoms with E-state index in [1.807, 2.05) is 0 Å². The van der Waals surface area contributed by atoms with Crippen molar-refractivity contribution in [2.24, 2.45) is 5.10 Å². The lowest BCUT2D eigenvalue weighted by Gasteiger charge is -2.06. The van der Waals surface area contributed by atoms with Crippen LogP contribution in [-0.4, -0.2) is 17.0 Å². The van der Waals surface area contributed by atoms with Crippen molar-refractivity contribution in [3.63, 3.8) is 0 Å². The number of non-ortho nitro benzene ring substituents is 1. The van der Waals surface area contributed by atoms with Gasteiger partial charge in [-0.2, -0.15) is 5.10 Å². The third kappa shape index (κ3) is 5.02. The summed E-state index contributed by atoms with van der Waals surface area (Å²) in [5, 5.41) is 14.5. The van der Waals surface area contributed by atoms with Crippen LogP contribution in [0.5, 0.6) is 5.75 Å². The highest BCUT2D eigenvalue weighted by molar-refractivity contribution is 5.92. The summed E-state index contributed by atoms with van der Waals surface area (Å²) < 4.78 is 10.6. The molecule has 1 amide bonds. The first-order chi connectivity index (χ1) is 13.1. The van der Waals surface area contributed by atoms with Crippen LogP contribution >= 0.6 is 0 Å². The molecule has 3 rings (SSSR count). The number of rotatable bonds is 7. The molecule has 8 nitrogen and oxygen atoms in total. The predicted octanol–water partition coefficient (Wildman–Crippen LogP) is 3.53. The third-order valence-electron chi connectivity index (χ3n) is 3.56. The number of nitro groups is 1. The normalized spacial score (nSPS) is 10.7. The molecular formula is C19H15N3O5. The van der Waals surface area contributed by atoms with Gasteiger partial charge in [-0.3, -0.25) is 14.9 Å². The number of ether oxygens (including phenoxy) is 1. The van der Waals surface area contributed by atoms with E-state index < -0.39 is 10.8 Å². The predicted molar refractivity (Wildman–Crippen MR) is 97.6 cm³/mol. The van der Waals surface area contributed by atoms with Gasteiger partial charge >= 0.3 is 5.91 Å². The Kier molecular flexibility index (Phi) is 5.58. The number of amides is 1. The van der Waals surface area contributed by atoms with Crippen LogP contribution < -0.4 is 10.2 Å². The summed E-state index contributed by atoms with van der Waals surface area (Å²) in [6, 6.07) is 16.5. The average molecular weight is 365 g/mol. The molecule has 136 valence electrons. The summed E-state index contributed by atoms with van der Waals surface area (Å²) in [4.78, 5) is 21.8. The molecule has 0 fully saturated rings. The first-order valence-electron chi connectivity index (χ1n) is 7.95. The fraction of sp³-hybridized carbons (Fsp3) is 0.0526. The monoisotopic (exact) mass is 365 g/mol. The molecule has 0 spiro atoms. The Morgan fingerprint density at radius 2 is 1.89 bits per heavy atom. The lowest BCUT2D eigenvalue weighted by Crippen LogP contribution is -2.16. The molecule has 1 N–H and O–H groups in total. The molecule has 0 unspecified atom stereocenters. The lowest BCUT2D eigenvalue weighted by molar-refractivity contribution is -0.384. The zero-order chi connectivity index (χ0) is 19.1. The van der Waals surface area contributed by atoms with Crippen molar-refractivity contribution < 1.29 is 18.9 Å². The first-order valence-corrected chi connectivity index (χ1v) is 7.95. The topological polar surface area (TPSA) is 107 Å². The number of nitro benzene ring substituents is 1. The van der Waals surface area contributed by atoms with Crippen molar-refractivity contribution >= 4 is 17.8 Å². The van der Waals surface area contributed by atoms with Crippen molar-refractivity contribution in [3.8, 4) is 5.75 Å². The molecular weight excluding hydrogens is 350 g/mol. The molecule has 0 aliphatic heterocycles. The van der Waals surface area contributed by atoms with Crippen molar-refractivity contribution in [3.05, 3.63) is 93.9 Å². The van der Waals surface area contributed by atoms with E-state index in [-0.39, 0.29) is 11.4 Å². The second-order valence-corrected chi connectivity index (χ2v) is 5.46. The van der Waals surface area contributed by atoms with E-state index in [4.69, 9.17) is 9.15 Å². The second-order valence-electron chi connectivity index (χ2n) is 5.46. The van der Waals surface area contributed by atoms with Crippen LogP contribution in [0.4, 0.5) is 5.69 Å². The Morgan fingerprint density at radius 3 is 2.52 bits per heavy atom. The minimum Gasteiger partial charge on any atom is -0.489 e. The summed E-state index contributed by atoms with van der Waals surface area (Å²) >= 11 is 0. The summed E-state index contributed by atoms with van der Waals surface area (Å²) in [5.74, 6) is 0.395. The van der Waals surface area contributed by atoms with Crippen LogP contribution in [-0.2, 0) is 6.61 Å². The van der Waals surface area contributed by atoms with E-state index in [2.05, 4.69) is 10.5 Å². The van der Waals surface area contributed by atoms with Gasteiger partial charge in [-0.15, -0.1) is 0 Å². The molecule has 0 saturated carbocycles. The summed E-state index contributed by atoms with van der Waals surface area (Å²) in [5.41, 5.74) is 4.01. The van der Waals surface area contributed by atoms with Crippen LogP contribution in [0.2, 0.25) is 0 Å². The number of benzene rings is 2. The molecule has 3 aromatic rings. The zero-order valence-corrected chi connectivity index (χ0v) is 14.1. The maximum atomic E-state index is 11.7. The first kappa shape index (κ1) is 17.9. The number of hydrogen-bond donors (Lipinski definition) is 1. The molecule has 0 bridgehead atoms. The Labute approximate surface area is 154 Å². The van der Waals surface area contributed by atoms with Crippen molar-refractivity contribution in [1.82, 2.24) is 5.43 Å². The maximum absolute atomic E-state index is 11.7. The largest absolute Gasteiger partial charge is 0.489 e. The van der Waals surface area contributed by atoms with Gasteiger partial charge in [0.25, 0.3) is 5.69 Å². The van der Waals surface area contributed by atoms with E-state index in [1.54, 1.807) is 48.5 Å². The Morgan fingerprint density at radius 1 is 1.15 bits per heavy atom. The quantitative estimate of drug-likeness (QED) is 0.391. The average Bonchev–Trinajstić information content (AvgIpc) is 3.22. The standard InChI is InChI=1S/C19H15N3O5/c23-19(18-2-1-11-26-18)21-20-12-14-5-9-17(10-6-14)27-13-15-3-7-16(8-4-15)22(24)25/h1-12H,13H2,(H,21,23)/b20-12+. The zero-order valence-electron chi connectivity index (χ0n) is 14.1. The van der Waals surface area contributed by atoms with Gasteiger partial charge in [0, 0.05) is 12.1 Å². The molecule has 8 heteroatoms. The molecule has 0 aliphatic rings. The summed E-state index contributed by atoms with van der Waals surface area (Å²) in [7, 11) is 0. The fourth-order valence-electron chi connectivity index (χ4n) is 2.16.